The van der Waals surface area contributed by atoms with E-state index in [4.69, 9.17) is 14.2 Å². The highest BCUT2D eigenvalue weighted by Crippen LogP contribution is 2.35. The van der Waals surface area contributed by atoms with E-state index in [1.165, 1.54) is 0 Å². The molecule has 0 aromatic heterocycles. The van der Waals surface area contributed by atoms with E-state index in [0.29, 0.717) is 23.7 Å². The summed E-state index contributed by atoms with van der Waals surface area (Å²) >= 11 is 0. The van der Waals surface area contributed by atoms with Crippen molar-refractivity contribution < 1.29 is 19.0 Å². The Kier molecular flexibility index (Phi) is 5.16. The number of carbonyl (C=O) groups is 1. The molecule has 0 amide bonds. The molecule has 1 heterocycles. The second-order valence-corrected chi connectivity index (χ2v) is 6.61. The standard InChI is InChI=1S/C25H20O4/c1-3-17-7-9-18(10-8-17)16-28-21-11-12-22-23(15-21)29-24(25(22)26)14-19-5-4-6-20(13-19)27-2/h3-15H,1,16H2,2H3. The maximum absolute atomic E-state index is 12.6. The fourth-order valence-electron chi connectivity index (χ4n) is 3.06. The second-order valence-electron chi connectivity index (χ2n) is 6.61. The third kappa shape index (κ3) is 4.06. The lowest BCUT2D eigenvalue weighted by Gasteiger charge is -2.07. The molecule has 0 radical (unpaired) electrons. The minimum absolute atomic E-state index is 0.144. The van der Waals surface area contributed by atoms with Gasteiger partial charge in [-0.15, -0.1) is 0 Å². The Hall–Kier alpha value is -3.79. The Morgan fingerprint density at radius 3 is 2.55 bits per heavy atom. The summed E-state index contributed by atoms with van der Waals surface area (Å²) in [7, 11) is 1.61. The molecule has 0 spiro atoms. The van der Waals surface area contributed by atoms with Gasteiger partial charge in [0.05, 0.1) is 12.7 Å². The Morgan fingerprint density at radius 1 is 0.966 bits per heavy atom. The highest BCUT2D eigenvalue weighted by Gasteiger charge is 2.27. The molecule has 3 aromatic carbocycles. The Balaban J connectivity index is 1.49. The number of ether oxygens (including phenoxy) is 3. The molecule has 3 aromatic rings. The number of allylic oxidation sites excluding steroid dienone is 1. The van der Waals surface area contributed by atoms with E-state index < -0.39 is 0 Å². The molecule has 4 heteroatoms. The molecule has 4 nitrogen and oxygen atoms in total. The summed E-state index contributed by atoms with van der Waals surface area (Å²) in [6.45, 7) is 4.18. The zero-order valence-corrected chi connectivity index (χ0v) is 16.1. The van der Waals surface area contributed by atoms with Crippen molar-refractivity contribution in [3.63, 3.8) is 0 Å². The highest BCUT2D eigenvalue weighted by molar-refractivity contribution is 6.14. The normalized spacial score (nSPS) is 13.7. The van der Waals surface area contributed by atoms with Crippen LogP contribution in [0.3, 0.4) is 0 Å². The zero-order chi connectivity index (χ0) is 20.2. The summed E-state index contributed by atoms with van der Waals surface area (Å²) in [5, 5.41) is 0. The van der Waals surface area contributed by atoms with Crippen molar-refractivity contribution in [2.75, 3.05) is 7.11 Å². The van der Waals surface area contributed by atoms with E-state index in [1.54, 1.807) is 37.5 Å². The van der Waals surface area contributed by atoms with Crippen molar-refractivity contribution in [3.8, 4) is 17.2 Å². The van der Waals surface area contributed by atoms with E-state index in [9.17, 15) is 4.79 Å². The number of hydrogen-bond acceptors (Lipinski definition) is 4. The van der Waals surface area contributed by atoms with E-state index in [2.05, 4.69) is 6.58 Å². The van der Waals surface area contributed by atoms with Gasteiger partial charge in [-0.05, 0) is 47.0 Å². The average molecular weight is 384 g/mol. The van der Waals surface area contributed by atoms with Gasteiger partial charge in [0.15, 0.2) is 5.76 Å². The van der Waals surface area contributed by atoms with Crippen molar-refractivity contribution >= 4 is 17.9 Å². The summed E-state index contributed by atoms with van der Waals surface area (Å²) in [5.74, 6) is 2.01. The van der Waals surface area contributed by atoms with Crippen molar-refractivity contribution in [1.82, 2.24) is 0 Å². The van der Waals surface area contributed by atoms with Gasteiger partial charge in [0.25, 0.3) is 0 Å². The molecular formula is C25H20O4. The molecule has 0 unspecified atom stereocenters. The molecule has 0 saturated heterocycles. The van der Waals surface area contributed by atoms with Gasteiger partial charge in [-0.1, -0.05) is 49.1 Å². The molecule has 0 aliphatic carbocycles. The molecule has 0 bridgehead atoms. The summed E-state index contributed by atoms with van der Waals surface area (Å²) in [6, 6.07) is 20.7. The number of fused-ring (bicyclic) bond motifs is 1. The van der Waals surface area contributed by atoms with Gasteiger partial charge in [0.1, 0.15) is 23.9 Å². The van der Waals surface area contributed by atoms with Crippen LogP contribution in [0.15, 0.2) is 79.1 Å². The summed E-state index contributed by atoms with van der Waals surface area (Å²) in [6.07, 6.45) is 3.52. The lowest BCUT2D eigenvalue weighted by molar-refractivity contribution is 0.101. The van der Waals surface area contributed by atoms with Crippen molar-refractivity contribution in [2.45, 2.75) is 6.61 Å². The first kappa shape index (κ1) is 18.6. The largest absolute Gasteiger partial charge is 0.497 e. The molecule has 1 aliphatic rings. The maximum atomic E-state index is 12.6. The van der Waals surface area contributed by atoms with Gasteiger partial charge in [-0.2, -0.15) is 0 Å². The Bertz CT molecular complexity index is 1090. The van der Waals surface area contributed by atoms with Gasteiger partial charge >= 0.3 is 0 Å². The fourth-order valence-corrected chi connectivity index (χ4v) is 3.06. The predicted molar refractivity (Wildman–Crippen MR) is 113 cm³/mol. The summed E-state index contributed by atoms with van der Waals surface area (Å²) in [4.78, 5) is 12.6. The number of carbonyl (C=O) groups excluding carboxylic acids is 1. The van der Waals surface area contributed by atoms with Crippen LogP contribution in [0.2, 0.25) is 0 Å². The fraction of sp³-hybridized carbons (Fsp3) is 0.0800. The van der Waals surface area contributed by atoms with Gasteiger partial charge in [-0.25, -0.2) is 0 Å². The molecule has 29 heavy (non-hydrogen) atoms. The van der Waals surface area contributed by atoms with Crippen molar-refractivity contribution in [1.29, 1.82) is 0 Å². The predicted octanol–water partition coefficient (Wildman–Crippen LogP) is 5.53. The van der Waals surface area contributed by atoms with E-state index in [0.717, 1.165) is 22.4 Å². The van der Waals surface area contributed by atoms with Crippen LogP contribution in [0.25, 0.3) is 12.2 Å². The minimum atomic E-state index is -0.144. The monoisotopic (exact) mass is 384 g/mol. The smallest absolute Gasteiger partial charge is 0.231 e. The lowest BCUT2D eigenvalue weighted by Crippen LogP contribution is -1.98. The molecule has 1 aliphatic heterocycles. The van der Waals surface area contributed by atoms with Gasteiger partial charge in [0, 0.05) is 6.07 Å². The molecule has 0 atom stereocenters. The quantitative estimate of drug-likeness (QED) is 0.524. The molecule has 144 valence electrons. The summed E-state index contributed by atoms with van der Waals surface area (Å²) in [5.41, 5.74) is 3.47. The van der Waals surface area contributed by atoms with Crippen LogP contribution < -0.4 is 14.2 Å². The van der Waals surface area contributed by atoms with E-state index in [1.807, 2.05) is 48.5 Å². The molecular weight excluding hydrogens is 364 g/mol. The maximum Gasteiger partial charge on any atom is 0.231 e. The van der Waals surface area contributed by atoms with Gasteiger partial charge < -0.3 is 14.2 Å². The Morgan fingerprint density at radius 2 is 1.79 bits per heavy atom. The zero-order valence-electron chi connectivity index (χ0n) is 16.1. The van der Waals surface area contributed by atoms with E-state index >= 15 is 0 Å². The van der Waals surface area contributed by atoms with E-state index in [-0.39, 0.29) is 11.5 Å². The first-order valence-electron chi connectivity index (χ1n) is 9.23. The number of hydrogen-bond donors (Lipinski definition) is 0. The first-order chi connectivity index (χ1) is 14.2. The van der Waals surface area contributed by atoms with Crippen molar-refractivity contribution in [2.24, 2.45) is 0 Å². The van der Waals surface area contributed by atoms with Crippen LogP contribution in [0, 0.1) is 0 Å². The molecule has 0 N–H and O–H groups in total. The second kappa shape index (κ2) is 8.07. The SMILES string of the molecule is C=Cc1ccc(COc2ccc3c(c2)OC(=Cc2cccc(OC)c2)C3=O)cc1. The highest BCUT2D eigenvalue weighted by atomic mass is 16.5. The van der Waals surface area contributed by atoms with Crippen LogP contribution in [0.1, 0.15) is 27.0 Å². The number of rotatable bonds is 6. The number of Topliss-reactive ketones (excluding diaryl/α,β-unsaturated/α-hetero) is 1. The molecule has 4 rings (SSSR count). The average Bonchev–Trinajstić information content (AvgIpc) is 3.07. The minimum Gasteiger partial charge on any atom is -0.497 e. The topological polar surface area (TPSA) is 44.8 Å². The van der Waals surface area contributed by atoms with Gasteiger partial charge in [-0.3, -0.25) is 4.79 Å². The molecule has 0 fully saturated rings. The van der Waals surface area contributed by atoms with Crippen LogP contribution >= 0.6 is 0 Å². The third-order valence-corrected chi connectivity index (χ3v) is 4.65. The van der Waals surface area contributed by atoms with Crippen LogP contribution in [-0.4, -0.2) is 12.9 Å². The van der Waals surface area contributed by atoms with Crippen LogP contribution in [0.5, 0.6) is 17.2 Å². The first-order valence-corrected chi connectivity index (χ1v) is 9.23. The van der Waals surface area contributed by atoms with Gasteiger partial charge in [0.2, 0.25) is 5.78 Å². The number of benzene rings is 3. The summed E-state index contributed by atoms with van der Waals surface area (Å²) < 4.78 is 16.9. The molecule has 0 saturated carbocycles. The number of methoxy groups -OCH3 is 1. The van der Waals surface area contributed by atoms with Crippen LogP contribution in [0.4, 0.5) is 0 Å². The third-order valence-electron chi connectivity index (χ3n) is 4.65. The lowest BCUT2D eigenvalue weighted by atomic mass is 10.1. The van der Waals surface area contributed by atoms with Crippen LogP contribution in [-0.2, 0) is 6.61 Å². The Labute approximate surface area is 169 Å². The number of ketones is 1. The van der Waals surface area contributed by atoms with Crippen molar-refractivity contribution in [3.05, 3.63) is 101 Å².